The second-order valence-corrected chi connectivity index (χ2v) is 7.21. The van der Waals surface area contributed by atoms with Crippen LogP contribution in [0, 0.1) is 5.82 Å². The molecule has 0 aliphatic rings. The number of esters is 1. The summed E-state index contributed by atoms with van der Waals surface area (Å²) in [7, 11) is 1.44. The molecule has 0 radical (unpaired) electrons. The van der Waals surface area contributed by atoms with Crippen molar-refractivity contribution in [3.05, 3.63) is 89.2 Å². The minimum atomic E-state index is -0.673. The van der Waals surface area contributed by atoms with Crippen LogP contribution in [0.25, 0.3) is 0 Å². The molecule has 0 atom stereocenters. The number of hydrazone groups is 1. The first-order valence-corrected chi connectivity index (χ1v) is 10.7. The van der Waals surface area contributed by atoms with Crippen LogP contribution in [0.2, 0.25) is 0 Å². The third-order valence-electron chi connectivity index (χ3n) is 4.75. The van der Waals surface area contributed by atoms with Crippen LogP contribution in [0.4, 0.5) is 4.39 Å². The normalized spacial score (nSPS) is 10.7. The third kappa shape index (κ3) is 6.65. The third-order valence-corrected chi connectivity index (χ3v) is 4.75. The van der Waals surface area contributed by atoms with Crippen molar-refractivity contribution in [1.29, 1.82) is 0 Å². The summed E-state index contributed by atoms with van der Waals surface area (Å²) >= 11 is 0. The van der Waals surface area contributed by atoms with E-state index in [1.165, 1.54) is 31.5 Å². The van der Waals surface area contributed by atoms with Crippen LogP contribution in [0.15, 0.2) is 71.8 Å². The molecule has 34 heavy (non-hydrogen) atoms. The zero-order chi connectivity index (χ0) is 24.3. The van der Waals surface area contributed by atoms with Crippen LogP contribution in [0.5, 0.6) is 17.2 Å². The number of nitrogens with zero attached hydrogens (tertiary/aromatic N) is 1. The maximum absolute atomic E-state index is 13.7. The van der Waals surface area contributed by atoms with Crippen molar-refractivity contribution in [2.24, 2.45) is 5.10 Å². The summed E-state index contributed by atoms with van der Waals surface area (Å²) < 4.78 is 30.0. The van der Waals surface area contributed by atoms with Gasteiger partial charge in [-0.2, -0.15) is 5.10 Å². The largest absolute Gasteiger partial charge is 0.494 e. The quantitative estimate of drug-likeness (QED) is 0.150. The van der Waals surface area contributed by atoms with E-state index >= 15 is 0 Å². The molecule has 3 aromatic carbocycles. The molecule has 1 N–H and O–H groups in total. The van der Waals surface area contributed by atoms with Gasteiger partial charge >= 0.3 is 5.97 Å². The second-order valence-electron chi connectivity index (χ2n) is 7.21. The predicted molar refractivity (Wildman–Crippen MR) is 126 cm³/mol. The van der Waals surface area contributed by atoms with E-state index in [4.69, 9.17) is 14.2 Å². The molecular formula is C26H25FN2O5. The first-order chi connectivity index (χ1) is 16.5. The zero-order valence-electron chi connectivity index (χ0n) is 18.9. The zero-order valence-corrected chi connectivity index (χ0v) is 18.9. The number of halogens is 1. The molecule has 1 amide bonds. The second kappa shape index (κ2) is 12.2. The monoisotopic (exact) mass is 464 g/mol. The predicted octanol–water partition coefficient (Wildman–Crippen LogP) is 5.00. The lowest BCUT2D eigenvalue weighted by molar-refractivity contribution is 0.0729. The fourth-order valence-electron chi connectivity index (χ4n) is 2.90. The van der Waals surface area contributed by atoms with Gasteiger partial charge in [-0.15, -0.1) is 0 Å². The van der Waals surface area contributed by atoms with Gasteiger partial charge in [0.25, 0.3) is 5.91 Å². The van der Waals surface area contributed by atoms with Crippen LogP contribution in [0.1, 0.15) is 46.0 Å². The van der Waals surface area contributed by atoms with Crippen LogP contribution < -0.4 is 19.6 Å². The number of amides is 1. The lowest BCUT2D eigenvalue weighted by atomic mass is 10.2. The highest BCUT2D eigenvalue weighted by molar-refractivity contribution is 5.95. The molecule has 8 heteroatoms. The summed E-state index contributed by atoms with van der Waals surface area (Å²) in [5.74, 6) is -0.638. The molecule has 0 unspecified atom stereocenters. The van der Waals surface area contributed by atoms with E-state index in [0.717, 1.165) is 12.8 Å². The van der Waals surface area contributed by atoms with E-state index < -0.39 is 17.7 Å². The highest BCUT2D eigenvalue weighted by Crippen LogP contribution is 2.28. The van der Waals surface area contributed by atoms with Gasteiger partial charge in [0, 0.05) is 0 Å². The highest BCUT2D eigenvalue weighted by atomic mass is 19.1. The molecular weight excluding hydrogens is 439 g/mol. The molecule has 3 aromatic rings. The number of unbranched alkanes of at least 4 members (excludes halogenated alkanes) is 1. The molecule has 3 rings (SSSR count). The van der Waals surface area contributed by atoms with Gasteiger partial charge < -0.3 is 14.2 Å². The number of ether oxygens (including phenoxy) is 3. The van der Waals surface area contributed by atoms with Gasteiger partial charge in [-0.05, 0) is 66.6 Å². The van der Waals surface area contributed by atoms with Crippen molar-refractivity contribution in [2.45, 2.75) is 19.8 Å². The summed E-state index contributed by atoms with van der Waals surface area (Å²) in [6, 6.07) is 17.1. The van der Waals surface area contributed by atoms with Crippen molar-refractivity contribution >= 4 is 18.1 Å². The summed E-state index contributed by atoms with van der Waals surface area (Å²) in [6.45, 7) is 2.71. The fraction of sp³-hybridized carbons (Fsp3) is 0.192. The summed E-state index contributed by atoms with van der Waals surface area (Å²) in [4.78, 5) is 24.5. The number of carbonyl (C=O) groups is 2. The summed E-state index contributed by atoms with van der Waals surface area (Å²) in [6.07, 6.45) is 3.37. The fourth-order valence-corrected chi connectivity index (χ4v) is 2.90. The lowest BCUT2D eigenvalue weighted by Crippen LogP contribution is -2.18. The topological polar surface area (TPSA) is 86.2 Å². The van der Waals surface area contributed by atoms with Crippen molar-refractivity contribution in [3.8, 4) is 17.2 Å². The van der Waals surface area contributed by atoms with E-state index in [1.54, 1.807) is 48.5 Å². The SMILES string of the molecule is CCCCOc1ccc(C(=O)Oc2ccc(/C=N/NC(=O)c3ccccc3F)cc2OC)cc1. The van der Waals surface area contributed by atoms with Gasteiger partial charge in [-0.25, -0.2) is 14.6 Å². The maximum Gasteiger partial charge on any atom is 0.343 e. The number of benzene rings is 3. The van der Waals surface area contributed by atoms with Gasteiger partial charge in [0.2, 0.25) is 0 Å². The average molecular weight is 464 g/mol. The standard InChI is InChI=1S/C26H25FN2O5/c1-3-4-15-33-20-12-10-19(11-13-20)26(31)34-23-14-9-18(16-24(23)32-2)17-28-29-25(30)21-7-5-6-8-22(21)27/h5-14,16-17H,3-4,15H2,1-2H3,(H,29,30)/b28-17+. The van der Waals surface area contributed by atoms with Gasteiger partial charge in [-0.3, -0.25) is 4.79 Å². The molecule has 0 bridgehead atoms. The number of rotatable bonds is 10. The molecule has 7 nitrogen and oxygen atoms in total. The molecule has 0 aromatic heterocycles. The number of hydrogen-bond acceptors (Lipinski definition) is 6. The molecule has 0 spiro atoms. The molecule has 0 saturated carbocycles. The molecule has 0 aliphatic carbocycles. The van der Waals surface area contributed by atoms with Gasteiger partial charge in [-0.1, -0.05) is 25.5 Å². The van der Waals surface area contributed by atoms with E-state index in [0.29, 0.717) is 29.2 Å². The Bertz CT molecular complexity index is 1160. The number of carbonyl (C=O) groups excluding carboxylic acids is 2. The average Bonchev–Trinajstić information content (AvgIpc) is 2.85. The number of methoxy groups -OCH3 is 1. The van der Waals surface area contributed by atoms with Gasteiger partial charge in [0.15, 0.2) is 11.5 Å². The Kier molecular flexibility index (Phi) is 8.73. The Balaban J connectivity index is 1.62. The van der Waals surface area contributed by atoms with Crippen LogP contribution in [-0.4, -0.2) is 31.8 Å². The summed E-state index contributed by atoms with van der Waals surface area (Å²) in [5.41, 5.74) is 3.09. The van der Waals surface area contributed by atoms with Crippen LogP contribution in [0.3, 0.4) is 0 Å². The van der Waals surface area contributed by atoms with Gasteiger partial charge in [0.1, 0.15) is 11.6 Å². The molecule has 0 aliphatic heterocycles. The van der Waals surface area contributed by atoms with E-state index in [-0.39, 0.29) is 11.3 Å². The first-order valence-electron chi connectivity index (χ1n) is 10.7. The Morgan fingerprint density at radius 2 is 1.79 bits per heavy atom. The van der Waals surface area contributed by atoms with E-state index in [9.17, 15) is 14.0 Å². The smallest absolute Gasteiger partial charge is 0.343 e. The van der Waals surface area contributed by atoms with Gasteiger partial charge in [0.05, 0.1) is 31.1 Å². The Morgan fingerprint density at radius 3 is 2.50 bits per heavy atom. The molecule has 0 fully saturated rings. The maximum atomic E-state index is 13.7. The van der Waals surface area contributed by atoms with Crippen molar-refractivity contribution < 1.29 is 28.2 Å². The number of hydrogen-bond donors (Lipinski definition) is 1. The Hall–Kier alpha value is -4.20. The first kappa shape index (κ1) is 24.4. The Morgan fingerprint density at radius 1 is 1.03 bits per heavy atom. The minimum Gasteiger partial charge on any atom is -0.494 e. The van der Waals surface area contributed by atoms with E-state index in [1.807, 2.05) is 0 Å². The van der Waals surface area contributed by atoms with Crippen LogP contribution >= 0.6 is 0 Å². The Labute approximate surface area is 197 Å². The summed E-state index contributed by atoms with van der Waals surface area (Å²) in [5, 5.41) is 3.84. The lowest BCUT2D eigenvalue weighted by Gasteiger charge is -2.10. The molecule has 176 valence electrons. The van der Waals surface area contributed by atoms with E-state index in [2.05, 4.69) is 17.5 Å². The van der Waals surface area contributed by atoms with Crippen molar-refractivity contribution in [1.82, 2.24) is 5.43 Å². The van der Waals surface area contributed by atoms with Crippen LogP contribution in [-0.2, 0) is 0 Å². The van der Waals surface area contributed by atoms with Crippen molar-refractivity contribution in [2.75, 3.05) is 13.7 Å². The molecule has 0 saturated heterocycles. The highest BCUT2D eigenvalue weighted by Gasteiger charge is 2.13. The minimum absolute atomic E-state index is 0.111. The number of nitrogens with one attached hydrogen (secondary N) is 1. The molecule has 0 heterocycles. The van der Waals surface area contributed by atoms with Crippen molar-refractivity contribution in [3.63, 3.8) is 0 Å².